The van der Waals surface area contributed by atoms with E-state index in [9.17, 15) is 9.59 Å². The van der Waals surface area contributed by atoms with E-state index in [0.29, 0.717) is 16.8 Å². The summed E-state index contributed by atoms with van der Waals surface area (Å²) < 4.78 is 4.65. The molecule has 4 nitrogen and oxygen atoms in total. The van der Waals surface area contributed by atoms with E-state index in [1.54, 1.807) is 36.4 Å². The zero-order valence-corrected chi connectivity index (χ0v) is 13.0. The van der Waals surface area contributed by atoms with Crippen LogP contribution in [0.1, 0.15) is 26.3 Å². The number of alkyl halides is 1. The van der Waals surface area contributed by atoms with Gasteiger partial charge in [0.25, 0.3) is 5.91 Å². The number of hydrogen-bond acceptors (Lipinski definition) is 3. The van der Waals surface area contributed by atoms with E-state index in [2.05, 4.69) is 26.0 Å². The largest absolute Gasteiger partial charge is 0.465 e. The third-order valence-electron chi connectivity index (χ3n) is 2.91. The minimum Gasteiger partial charge on any atom is -0.465 e. The Labute approximate surface area is 131 Å². The van der Waals surface area contributed by atoms with Crippen LogP contribution in [-0.2, 0) is 10.1 Å². The fourth-order valence-corrected chi connectivity index (χ4v) is 2.16. The summed E-state index contributed by atoms with van der Waals surface area (Å²) in [6.07, 6.45) is 0. The number of amides is 1. The van der Waals surface area contributed by atoms with Crippen molar-refractivity contribution in [3.05, 3.63) is 65.2 Å². The van der Waals surface area contributed by atoms with E-state index in [0.717, 1.165) is 10.9 Å². The summed E-state index contributed by atoms with van der Waals surface area (Å²) in [5.41, 5.74) is 2.60. The number of ether oxygens (including phenoxy) is 1. The Hall–Kier alpha value is -2.14. The highest BCUT2D eigenvalue weighted by Crippen LogP contribution is 2.14. The number of nitrogens with one attached hydrogen (secondary N) is 1. The fourth-order valence-electron chi connectivity index (χ4n) is 1.79. The summed E-state index contributed by atoms with van der Waals surface area (Å²) in [6.45, 7) is 0. The van der Waals surface area contributed by atoms with Crippen LogP contribution in [0.15, 0.2) is 48.5 Å². The summed E-state index contributed by atoms with van der Waals surface area (Å²) in [7, 11) is 1.32. The molecule has 0 bridgehead atoms. The van der Waals surface area contributed by atoms with Gasteiger partial charge in [-0.1, -0.05) is 34.1 Å². The van der Waals surface area contributed by atoms with Gasteiger partial charge in [-0.3, -0.25) is 4.79 Å². The van der Waals surface area contributed by atoms with Gasteiger partial charge in [0.1, 0.15) is 0 Å². The molecule has 0 saturated carbocycles. The first-order valence-electron chi connectivity index (χ1n) is 6.28. The molecule has 0 heterocycles. The first kappa shape index (κ1) is 15.3. The Morgan fingerprint density at radius 2 is 1.81 bits per heavy atom. The number of carbonyl (C=O) groups excluding carboxylic acids is 2. The maximum Gasteiger partial charge on any atom is 0.337 e. The van der Waals surface area contributed by atoms with Crippen LogP contribution in [0.25, 0.3) is 0 Å². The number of halogens is 1. The van der Waals surface area contributed by atoms with E-state index in [1.165, 1.54) is 7.11 Å². The molecular formula is C16H14BrNO3. The monoisotopic (exact) mass is 347 g/mol. The highest BCUT2D eigenvalue weighted by Gasteiger charge is 2.09. The van der Waals surface area contributed by atoms with Gasteiger partial charge in [0, 0.05) is 16.6 Å². The molecule has 2 aromatic rings. The Bertz CT molecular complexity index is 653. The van der Waals surface area contributed by atoms with Gasteiger partial charge in [-0.05, 0) is 35.9 Å². The van der Waals surface area contributed by atoms with Gasteiger partial charge < -0.3 is 10.1 Å². The van der Waals surface area contributed by atoms with Gasteiger partial charge in [-0.15, -0.1) is 0 Å². The van der Waals surface area contributed by atoms with Gasteiger partial charge in [-0.25, -0.2) is 4.79 Å². The van der Waals surface area contributed by atoms with E-state index in [1.807, 2.05) is 12.1 Å². The average Bonchev–Trinajstić information content (AvgIpc) is 2.54. The smallest absolute Gasteiger partial charge is 0.337 e. The summed E-state index contributed by atoms with van der Waals surface area (Å²) >= 11 is 3.36. The van der Waals surface area contributed by atoms with Gasteiger partial charge in [-0.2, -0.15) is 0 Å². The van der Waals surface area contributed by atoms with Crippen LogP contribution in [0.3, 0.4) is 0 Å². The third-order valence-corrected chi connectivity index (χ3v) is 3.56. The predicted octanol–water partition coefficient (Wildman–Crippen LogP) is 3.62. The molecule has 0 spiro atoms. The second kappa shape index (κ2) is 7.04. The van der Waals surface area contributed by atoms with Crippen LogP contribution in [0.4, 0.5) is 5.69 Å². The molecule has 0 aliphatic carbocycles. The van der Waals surface area contributed by atoms with Gasteiger partial charge in [0.2, 0.25) is 0 Å². The Morgan fingerprint density at radius 3 is 2.43 bits per heavy atom. The normalized spacial score (nSPS) is 10.0. The van der Waals surface area contributed by atoms with Gasteiger partial charge in [0.05, 0.1) is 12.7 Å². The maximum absolute atomic E-state index is 12.1. The molecule has 1 amide bonds. The van der Waals surface area contributed by atoms with Gasteiger partial charge in [0.15, 0.2) is 0 Å². The van der Waals surface area contributed by atoms with Crippen LogP contribution >= 0.6 is 15.9 Å². The number of rotatable bonds is 4. The Balaban J connectivity index is 2.13. The molecule has 0 saturated heterocycles. The molecule has 0 aliphatic heterocycles. The molecule has 2 aromatic carbocycles. The summed E-state index contributed by atoms with van der Waals surface area (Å²) in [6, 6.07) is 13.9. The Kier molecular flexibility index (Phi) is 5.11. The molecule has 0 unspecified atom stereocenters. The van der Waals surface area contributed by atoms with Crippen LogP contribution in [0, 0.1) is 0 Å². The summed E-state index contributed by atoms with van der Waals surface area (Å²) in [4.78, 5) is 23.6. The SMILES string of the molecule is COC(=O)c1cccc(NC(=O)c2ccc(CBr)cc2)c1. The van der Waals surface area contributed by atoms with Crippen molar-refractivity contribution >= 4 is 33.5 Å². The topological polar surface area (TPSA) is 55.4 Å². The van der Waals surface area contributed by atoms with E-state index < -0.39 is 5.97 Å². The molecule has 0 fully saturated rings. The second-order valence-electron chi connectivity index (χ2n) is 4.36. The van der Waals surface area contributed by atoms with Crippen molar-refractivity contribution in [1.82, 2.24) is 0 Å². The molecule has 2 rings (SSSR count). The first-order valence-corrected chi connectivity index (χ1v) is 7.41. The van der Waals surface area contributed by atoms with Crippen molar-refractivity contribution in [3.63, 3.8) is 0 Å². The molecule has 0 atom stereocenters. The highest BCUT2D eigenvalue weighted by atomic mass is 79.9. The molecule has 21 heavy (non-hydrogen) atoms. The van der Waals surface area contributed by atoms with Crippen molar-refractivity contribution in [1.29, 1.82) is 0 Å². The zero-order valence-electron chi connectivity index (χ0n) is 11.4. The minimum absolute atomic E-state index is 0.224. The number of anilines is 1. The van der Waals surface area contributed by atoms with Crippen LogP contribution < -0.4 is 5.32 Å². The lowest BCUT2D eigenvalue weighted by molar-refractivity contribution is 0.0600. The number of benzene rings is 2. The van der Waals surface area contributed by atoms with E-state index >= 15 is 0 Å². The first-order chi connectivity index (χ1) is 10.1. The minimum atomic E-state index is -0.437. The second-order valence-corrected chi connectivity index (χ2v) is 4.92. The zero-order chi connectivity index (χ0) is 15.2. The molecule has 5 heteroatoms. The standard InChI is InChI=1S/C16H14BrNO3/c1-21-16(20)13-3-2-4-14(9-13)18-15(19)12-7-5-11(10-17)6-8-12/h2-9H,10H2,1H3,(H,18,19). The lowest BCUT2D eigenvalue weighted by Crippen LogP contribution is -2.12. The summed E-state index contributed by atoms with van der Waals surface area (Å²) in [5, 5.41) is 3.50. The fraction of sp³-hybridized carbons (Fsp3) is 0.125. The van der Waals surface area contributed by atoms with Crippen LogP contribution in [0.5, 0.6) is 0 Å². The van der Waals surface area contributed by atoms with Crippen molar-refractivity contribution in [2.75, 3.05) is 12.4 Å². The maximum atomic E-state index is 12.1. The number of esters is 1. The van der Waals surface area contributed by atoms with E-state index in [-0.39, 0.29) is 5.91 Å². The predicted molar refractivity (Wildman–Crippen MR) is 84.8 cm³/mol. The average molecular weight is 348 g/mol. The molecule has 1 N–H and O–H groups in total. The molecular weight excluding hydrogens is 334 g/mol. The van der Waals surface area contributed by atoms with Crippen molar-refractivity contribution in [3.8, 4) is 0 Å². The van der Waals surface area contributed by atoms with Crippen molar-refractivity contribution in [2.24, 2.45) is 0 Å². The number of methoxy groups -OCH3 is 1. The molecule has 0 radical (unpaired) electrons. The molecule has 108 valence electrons. The summed E-state index contributed by atoms with van der Waals surface area (Å²) in [5.74, 6) is -0.661. The lowest BCUT2D eigenvalue weighted by Gasteiger charge is -2.07. The van der Waals surface area contributed by atoms with Gasteiger partial charge >= 0.3 is 5.97 Å². The molecule has 0 aromatic heterocycles. The molecule has 0 aliphatic rings. The lowest BCUT2D eigenvalue weighted by atomic mass is 10.1. The van der Waals surface area contributed by atoms with Crippen molar-refractivity contribution < 1.29 is 14.3 Å². The third kappa shape index (κ3) is 3.92. The number of carbonyl (C=O) groups is 2. The van der Waals surface area contributed by atoms with Crippen LogP contribution in [0.2, 0.25) is 0 Å². The highest BCUT2D eigenvalue weighted by molar-refractivity contribution is 9.08. The number of hydrogen-bond donors (Lipinski definition) is 1. The van der Waals surface area contributed by atoms with Crippen molar-refractivity contribution in [2.45, 2.75) is 5.33 Å². The van der Waals surface area contributed by atoms with Crippen LogP contribution in [-0.4, -0.2) is 19.0 Å². The van der Waals surface area contributed by atoms with E-state index in [4.69, 9.17) is 0 Å². The quantitative estimate of drug-likeness (QED) is 0.678. The Morgan fingerprint density at radius 1 is 1.10 bits per heavy atom.